The van der Waals surface area contributed by atoms with E-state index in [1.165, 1.54) is 9.58 Å². The molecule has 0 spiro atoms. The largest absolute Gasteiger partial charge is 0.384 e. The lowest BCUT2D eigenvalue weighted by Gasteiger charge is -2.29. The first-order valence-corrected chi connectivity index (χ1v) is 5.85. The van der Waals surface area contributed by atoms with E-state index in [-0.39, 0.29) is 18.4 Å². The molecule has 3 rings (SSSR count). The first-order valence-electron chi connectivity index (χ1n) is 5.85. The van der Waals surface area contributed by atoms with Gasteiger partial charge >= 0.3 is 0 Å². The highest BCUT2D eigenvalue weighted by atomic mass is 16.5. The molecule has 0 radical (unpaired) electrons. The topological polar surface area (TPSA) is 90.5 Å². The van der Waals surface area contributed by atoms with Crippen LogP contribution in [-0.4, -0.2) is 38.7 Å². The molecule has 0 saturated carbocycles. The molecule has 2 amide bonds. The van der Waals surface area contributed by atoms with Crippen molar-refractivity contribution in [1.82, 2.24) is 14.7 Å². The Kier molecular flexibility index (Phi) is 2.37. The lowest BCUT2D eigenvalue weighted by Crippen LogP contribution is -2.51. The van der Waals surface area contributed by atoms with E-state index in [0.29, 0.717) is 24.2 Å². The molecule has 2 saturated heterocycles. The predicted molar refractivity (Wildman–Crippen MR) is 61.1 cm³/mol. The number of anilines is 1. The molecular weight excluding hydrogens is 236 g/mol. The molecule has 96 valence electrons. The normalized spacial score (nSPS) is 27.1. The van der Waals surface area contributed by atoms with Gasteiger partial charge in [-0.1, -0.05) is 0 Å². The van der Waals surface area contributed by atoms with Crippen LogP contribution in [0.5, 0.6) is 0 Å². The zero-order valence-electron chi connectivity index (χ0n) is 10.00. The number of ether oxygens (including phenoxy) is 1. The van der Waals surface area contributed by atoms with E-state index in [1.807, 2.05) is 0 Å². The number of carbonyl (C=O) groups is 2. The number of carbonyl (C=O) groups excluding carboxylic acids is 2. The van der Waals surface area contributed by atoms with Crippen molar-refractivity contribution in [3.8, 4) is 0 Å². The van der Waals surface area contributed by atoms with Gasteiger partial charge in [0.15, 0.2) is 0 Å². The number of nitrogens with two attached hydrogens (primary N) is 1. The number of rotatable bonds is 2. The number of morpholine rings is 1. The second-order valence-electron chi connectivity index (χ2n) is 4.63. The summed E-state index contributed by atoms with van der Waals surface area (Å²) in [6.07, 6.45) is 1.88. The van der Waals surface area contributed by atoms with Gasteiger partial charge in [0, 0.05) is 12.6 Å². The van der Waals surface area contributed by atoms with Crippen LogP contribution >= 0.6 is 0 Å². The van der Waals surface area contributed by atoms with Crippen molar-refractivity contribution in [2.24, 2.45) is 7.05 Å². The van der Waals surface area contributed by atoms with Crippen molar-refractivity contribution < 1.29 is 14.3 Å². The summed E-state index contributed by atoms with van der Waals surface area (Å²) in [7, 11) is 1.71. The van der Waals surface area contributed by atoms with Crippen LogP contribution in [0, 0.1) is 0 Å². The van der Waals surface area contributed by atoms with Crippen molar-refractivity contribution >= 4 is 17.6 Å². The van der Waals surface area contributed by atoms with E-state index >= 15 is 0 Å². The Morgan fingerprint density at radius 3 is 2.50 bits per heavy atom. The number of imide groups is 1. The fourth-order valence-corrected chi connectivity index (χ4v) is 2.40. The van der Waals surface area contributed by atoms with Crippen molar-refractivity contribution in [2.75, 3.05) is 5.73 Å². The minimum Gasteiger partial charge on any atom is -0.384 e. The maximum atomic E-state index is 12.0. The Bertz CT molecular complexity index is 502. The SMILES string of the molecule is Cn1ncc(CN2C(=O)C3CCC(O3)C2=O)c1N. The quantitative estimate of drug-likeness (QED) is 0.709. The van der Waals surface area contributed by atoms with E-state index < -0.39 is 12.2 Å². The van der Waals surface area contributed by atoms with Crippen molar-refractivity contribution in [3.63, 3.8) is 0 Å². The monoisotopic (exact) mass is 250 g/mol. The van der Waals surface area contributed by atoms with E-state index in [0.717, 1.165) is 0 Å². The van der Waals surface area contributed by atoms with Crippen LogP contribution < -0.4 is 5.73 Å². The number of amides is 2. The molecule has 7 heteroatoms. The highest BCUT2D eigenvalue weighted by Crippen LogP contribution is 2.29. The Balaban J connectivity index is 1.86. The van der Waals surface area contributed by atoms with E-state index in [4.69, 9.17) is 10.5 Å². The highest BCUT2D eigenvalue weighted by Gasteiger charge is 2.46. The van der Waals surface area contributed by atoms with Crippen LogP contribution in [0.2, 0.25) is 0 Å². The molecule has 1 aromatic rings. The molecule has 2 bridgehead atoms. The second-order valence-corrected chi connectivity index (χ2v) is 4.63. The second kappa shape index (κ2) is 3.81. The first-order chi connectivity index (χ1) is 8.58. The number of hydrogen-bond acceptors (Lipinski definition) is 5. The fourth-order valence-electron chi connectivity index (χ4n) is 2.40. The van der Waals surface area contributed by atoms with Gasteiger partial charge in [0.2, 0.25) is 0 Å². The number of aromatic nitrogens is 2. The third-order valence-corrected chi connectivity index (χ3v) is 3.50. The first kappa shape index (κ1) is 11.2. The average Bonchev–Trinajstić information content (AvgIpc) is 2.92. The van der Waals surface area contributed by atoms with Crippen LogP contribution in [0.3, 0.4) is 0 Å². The number of hydrogen-bond donors (Lipinski definition) is 1. The Hall–Kier alpha value is -1.89. The molecule has 1 aromatic heterocycles. The summed E-state index contributed by atoms with van der Waals surface area (Å²) in [6.45, 7) is 0.174. The molecule has 0 aromatic carbocycles. The van der Waals surface area contributed by atoms with E-state index in [2.05, 4.69) is 5.10 Å². The molecule has 18 heavy (non-hydrogen) atoms. The number of aryl methyl sites for hydroxylation is 1. The Labute approximate surface area is 103 Å². The van der Waals surface area contributed by atoms with Gasteiger partial charge in [0.25, 0.3) is 11.8 Å². The summed E-state index contributed by atoms with van der Waals surface area (Å²) in [5.74, 6) is -0.0663. The third kappa shape index (κ3) is 1.51. The van der Waals surface area contributed by atoms with Crippen LogP contribution in [0.4, 0.5) is 5.82 Å². The fraction of sp³-hybridized carbons (Fsp3) is 0.545. The average molecular weight is 250 g/mol. The molecule has 7 nitrogen and oxygen atoms in total. The Morgan fingerprint density at radius 2 is 2.00 bits per heavy atom. The zero-order valence-corrected chi connectivity index (χ0v) is 10.00. The van der Waals surface area contributed by atoms with Crippen molar-refractivity contribution in [3.05, 3.63) is 11.8 Å². The minimum atomic E-state index is -0.467. The predicted octanol–water partition coefficient (Wildman–Crippen LogP) is -0.581. The van der Waals surface area contributed by atoms with Crippen molar-refractivity contribution in [1.29, 1.82) is 0 Å². The van der Waals surface area contributed by atoms with Gasteiger partial charge < -0.3 is 10.5 Å². The zero-order chi connectivity index (χ0) is 12.9. The lowest BCUT2D eigenvalue weighted by atomic mass is 10.2. The molecule has 2 aliphatic rings. The van der Waals surface area contributed by atoms with E-state index in [1.54, 1.807) is 13.2 Å². The molecule has 2 atom stereocenters. The lowest BCUT2D eigenvalue weighted by molar-refractivity contribution is -0.169. The van der Waals surface area contributed by atoms with Crippen molar-refractivity contribution in [2.45, 2.75) is 31.6 Å². The number of fused-ring (bicyclic) bond motifs is 2. The molecular formula is C11H14N4O3. The van der Waals surface area contributed by atoms with Gasteiger partial charge in [-0.2, -0.15) is 5.10 Å². The van der Waals surface area contributed by atoms with Gasteiger partial charge in [0.05, 0.1) is 12.7 Å². The van der Waals surface area contributed by atoms with Gasteiger partial charge in [-0.3, -0.25) is 19.2 Å². The van der Waals surface area contributed by atoms with Gasteiger partial charge in [-0.05, 0) is 12.8 Å². The maximum Gasteiger partial charge on any atom is 0.258 e. The highest BCUT2D eigenvalue weighted by molar-refractivity contribution is 6.02. The summed E-state index contributed by atoms with van der Waals surface area (Å²) in [5, 5.41) is 4.00. The van der Waals surface area contributed by atoms with Crippen LogP contribution in [0.25, 0.3) is 0 Å². The molecule has 2 unspecified atom stereocenters. The minimum absolute atomic E-state index is 0.174. The summed E-state index contributed by atoms with van der Waals surface area (Å²) in [5.41, 5.74) is 6.50. The van der Waals surface area contributed by atoms with E-state index in [9.17, 15) is 9.59 Å². The van der Waals surface area contributed by atoms with Gasteiger partial charge in [0.1, 0.15) is 18.0 Å². The molecule has 0 aliphatic carbocycles. The van der Waals surface area contributed by atoms with Crippen LogP contribution in [0.15, 0.2) is 6.20 Å². The molecule has 3 heterocycles. The van der Waals surface area contributed by atoms with Crippen LogP contribution in [0.1, 0.15) is 18.4 Å². The summed E-state index contributed by atoms with van der Waals surface area (Å²) < 4.78 is 6.85. The number of nitrogen functional groups attached to an aromatic ring is 1. The standard InChI is InChI=1S/C11H14N4O3/c1-14-9(12)6(4-13-14)5-15-10(16)7-2-3-8(18-7)11(15)17/h4,7-8H,2-3,5,12H2,1H3. The van der Waals surface area contributed by atoms with Gasteiger partial charge in [-0.15, -0.1) is 0 Å². The molecule has 2 N–H and O–H groups in total. The third-order valence-electron chi connectivity index (χ3n) is 3.50. The Morgan fingerprint density at radius 1 is 1.39 bits per heavy atom. The molecule has 2 fully saturated rings. The smallest absolute Gasteiger partial charge is 0.258 e. The summed E-state index contributed by atoms with van der Waals surface area (Å²) >= 11 is 0. The summed E-state index contributed by atoms with van der Waals surface area (Å²) in [6, 6.07) is 0. The molecule has 2 aliphatic heterocycles. The number of likely N-dealkylation sites (tertiary alicyclic amines) is 1. The van der Waals surface area contributed by atoms with Gasteiger partial charge in [-0.25, -0.2) is 0 Å². The van der Waals surface area contributed by atoms with Crippen LogP contribution in [-0.2, 0) is 27.9 Å². The maximum absolute atomic E-state index is 12.0. The number of nitrogens with zero attached hydrogens (tertiary/aromatic N) is 3. The summed E-state index contributed by atoms with van der Waals surface area (Å²) in [4.78, 5) is 25.3.